The van der Waals surface area contributed by atoms with Crippen molar-refractivity contribution in [2.45, 2.75) is 12.0 Å². The highest BCUT2D eigenvalue weighted by Crippen LogP contribution is 2.33. The van der Waals surface area contributed by atoms with E-state index in [0.29, 0.717) is 30.0 Å². The first-order valence-electron chi connectivity index (χ1n) is 8.43. The van der Waals surface area contributed by atoms with Crippen molar-refractivity contribution in [1.29, 1.82) is 0 Å². The van der Waals surface area contributed by atoms with Gasteiger partial charge in [-0.1, -0.05) is 12.1 Å². The van der Waals surface area contributed by atoms with Crippen molar-refractivity contribution in [3.05, 3.63) is 65.6 Å². The molecule has 6 heteroatoms. The molecule has 4 rings (SSSR count). The Kier molecular flexibility index (Phi) is 3.92. The molecule has 3 aromatic rings. The number of rotatable bonds is 3. The number of ether oxygens (including phenoxy) is 1. The van der Waals surface area contributed by atoms with Gasteiger partial charge < -0.3 is 19.7 Å². The van der Waals surface area contributed by atoms with Crippen LogP contribution in [0.5, 0.6) is 5.75 Å². The van der Waals surface area contributed by atoms with E-state index in [1.165, 1.54) is 12.1 Å². The van der Waals surface area contributed by atoms with Gasteiger partial charge in [-0.2, -0.15) is 0 Å². The van der Waals surface area contributed by atoms with Crippen molar-refractivity contribution >= 4 is 16.8 Å². The van der Waals surface area contributed by atoms with E-state index >= 15 is 0 Å². The van der Waals surface area contributed by atoms with E-state index in [4.69, 9.17) is 4.74 Å². The van der Waals surface area contributed by atoms with Gasteiger partial charge in [-0.3, -0.25) is 4.79 Å². The molecule has 1 aromatic heterocycles. The molecule has 1 unspecified atom stereocenters. The first-order chi connectivity index (χ1) is 12.5. The summed E-state index contributed by atoms with van der Waals surface area (Å²) in [6.45, 7) is 0.613. The first-order valence-corrected chi connectivity index (χ1v) is 8.43. The van der Waals surface area contributed by atoms with E-state index in [9.17, 15) is 14.3 Å². The van der Waals surface area contributed by atoms with Crippen LogP contribution in [0.3, 0.4) is 0 Å². The number of hydrogen-bond acceptors (Lipinski definition) is 3. The lowest BCUT2D eigenvalue weighted by Crippen LogP contribution is -2.34. The molecular formula is C20H19FN2O3. The second kappa shape index (κ2) is 6.14. The molecule has 26 heavy (non-hydrogen) atoms. The molecule has 5 nitrogen and oxygen atoms in total. The molecule has 134 valence electrons. The average molecular weight is 354 g/mol. The molecule has 0 bridgehead atoms. The van der Waals surface area contributed by atoms with Crippen LogP contribution in [0.4, 0.5) is 4.39 Å². The molecule has 2 aromatic carbocycles. The van der Waals surface area contributed by atoms with Gasteiger partial charge in [0.2, 0.25) is 0 Å². The molecule has 1 atom stereocenters. The highest BCUT2D eigenvalue weighted by atomic mass is 19.1. The van der Waals surface area contributed by atoms with Gasteiger partial charge in [0, 0.05) is 23.5 Å². The average Bonchev–Trinajstić information content (AvgIpc) is 3.25. The number of aromatic amines is 1. The highest BCUT2D eigenvalue weighted by Gasteiger charge is 2.40. The van der Waals surface area contributed by atoms with Crippen LogP contribution in [0.25, 0.3) is 10.9 Å². The molecule has 0 saturated carbocycles. The fraction of sp³-hybridized carbons (Fsp3) is 0.250. The van der Waals surface area contributed by atoms with Gasteiger partial charge in [0.25, 0.3) is 5.91 Å². The van der Waals surface area contributed by atoms with Crippen LogP contribution in [0.2, 0.25) is 0 Å². The first kappa shape index (κ1) is 16.6. The molecule has 1 fully saturated rings. The summed E-state index contributed by atoms with van der Waals surface area (Å²) in [6, 6.07) is 13.1. The number of benzene rings is 2. The summed E-state index contributed by atoms with van der Waals surface area (Å²) >= 11 is 0. The lowest BCUT2D eigenvalue weighted by atomic mass is 9.93. The summed E-state index contributed by atoms with van der Waals surface area (Å²) in [5.41, 5.74) is 0.756. The molecule has 1 amide bonds. The number of fused-ring (bicyclic) bond motifs is 1. The van der Waals surface area contributed by atoms with Crippen LogP contribution < -0.4 is 4.74 Å². The van der Waals surface area contributed by atoms with Crippen molar-refractivity contribution in [2.24, 2.45) is 0 Å². The number of hydrogen-bond donors (Lipinski definition) is 2. The fourth-order valence-corrected chi connectivity index (χ4v) is 3.48. The van der Waals surface area contributed by atoms with Gasteiger partial charge >= 0.3 is 0 Å². The summed E-state index contributed by atoms with van der Waals surface area (Å²) in [7, 11) is 1.59. The number of amides is 1. The maximum atomic E-state index is 13.1. The minimum atomic E-state index is -1.15. The van der Waals surface area contributed by atoms with Gasteiger partial charge in [0.1, 0.15) is 22.9 Å². The van der Waals surface area contributed by atoms with Crippen LogP contribution in [0.15, 0.2) is 48.5 Å². The maximum absolute atomic E-state index is 13.1. The summed E-state index contributed by atoms with van der Waals surface area (Å²) in [4.78, 5) is 17.6. The SMILES string of the molecule is COc1ccc2cc(C(=O)N3CCC(O)(c4ccc(F)cc4)C3)[nH]c2c1. The summed E-state index contributed by atoms with van der Waals surface area (Å²) in [5, 5.41) is 11.8. The summed E-state index contributed by atoms with van der Waals surface area (Å²) in [5.74, 6) is 0.195. The van der Waals surface area contributed by atoms with Gasteiger partial charge in [0.15, 0.2) is 0 Å². The monoisotopic (exact) mass is 354 g/mol. The normalized spacial score (nSPS) is 19.9. The molecule has 1 saturated heterocycles. The van der Waals surface area contributed by atoms with Gasteiger partial charge in [0.05, 0.1) is 13.7 Å². The Labute approximate surface area is 150 Å². The fourth-order valence-electron chi connectivity index (χ4n) is 3.48. The van der Waals surface area contributed by atoms with Crippen LogP contribution in [-0.4, -0.2) is 41.1 Å². The van der Waals surface area contributed by atoms with Gasteiger partial charge in [-0.05, 0) is 42.3 Å². The molecular weight excluding hydrogens is 335 g/mol. The van der Waals surface area contributed by atoms with Gasteiger partial charge in [-0.15, -0.1) is 0 Å². The maximum Gasteiger partial charge on any atom is 0.270 e. The number of halogens is 1. The number of aromatic nitrogens is 1. The molecule has 2 N–H and O–H groups in total. The zero-order chi connectivity index (χ0) is 18.3. The Morgan fingerprint density at radius 3 is 2.73 bits per heavy atom. The topological polar surface area (TPSA) is 65.6 Å². The van der Waals surface area contributed by atoms with Crippen molar-refractivity contribution < 1.29 is 19.0 Å². The molecule has 1 aliphatic heterocycles. The molecule has 0 spiro atoms. The quantitative estimate of drug-likeness (QED) is 0.760. The Morgan fingerprint density at radius 2 is 2.00 bits per heavy atom. The number of carbonyl (C=O) groups excluding carboxylic acids is 1. The molecule has 2 heterocycles. The third-order valence-electron chi connectivity index (χ3n) is 4.98. The zero-order valence-corrected chi connectivity index (χ0v) is 14.3. The predicted octanol–water partition coefficient (Wildman–Crippen LogP) is 3.05. The number of H-pyrrole nitrogens is 1. The smallest absolute Gasteiger partial charge is 0.270 e. The number of likely N-dealkylation sites (tertiary alicyclic amines) is 1. The number of carbonyl (C=O) groups is 1. The Bertz CT molecular complexity index is 967. The predicted molar refractivity (Wildman–Crippen MR) is 95.7 cm³/mol. The lowest BCUT2D eigenvalue weighted by molar-refractivity contribution is 0.0415. The molecule has 0 radical (unpaired) electrons. The van der Waals surface area contributed by atoms with Crippen molar-refractivity contribution in [3.63, 3.8) is 0 Å². The van der Waals surface area contributed by atoms with E-state index in [0.717, 1.165) is 10.9 Å². The lowest BCUT2D eigenvalue weighted by Gasteiger charge is -2.23. The standard InChI is InChI=1S/C20H19FN2O3/c1-26-16-7-2-13-10-18(22-17(13)11-16)19(24)23-9-8-20(25,12-23)14-3-5-15(21)6-4-14/h2-7,10-11,22,25H,8-9,12H2,1H3. The Balaban J connectivity index is 1.56. The highest BCUT2D eigenvalue weighted by molar-refractivity contribution is 5.98. The van der Waals surface area contributed by atoms with Crippen molar-refractivity contribution in [2.75, 3.05) is 20.2 Å². The third kappa shape index (κ3) is 2.82. The second-order valence-electron chi connectivity index (χ2n) is 6.65. The number of nitrogens with one attached hydrogen (secondary N) is 1. The molecule has 1 aliphatic rings. The second-order valence-corrected chi connectivity index (χ2v) is 6.65. The largest absolute Gasteiger partial charge is 0.497 e. The van der Waals surface area contributed by atoms with Crippen LogP contribution in [0, 0.1) is 5.82 Å². The van der Waals surface area contributed by atoms with E-state index in [1.54, 1.807) is 30.2 Å². The number of aliphatic hydroxyl groups is 1. The zero-order valence-electron chi connectivity index (χ0n) is 14.3. The summed E-state index contributed by atoms with van der Waals surface area (Å²) in [6.07, 6.45) is 0.415. The Hall–Kier alpha value is -2.86. The van der Waals surface area contributed by atoms with Gasteiger partial charge in [-0.25, -0.2) is 4.39 Å². The number of methoxy groups -OCH3 is 1. The van der Waals surface area contributed by atoms with Crippen molar-refractivity contribution in [3.8, 4) is 5.75 Å². The minimum Gasteiger partial charge on any atom is -0.497 e. The third-order valence-corrected chi connectivity index (χ3v) is 4.98. The van der Waals surface area contributed by atoms with Crippen LogP contribution >= 0.6 is 0 Å². The van der Waals surface area contributed by atoms with Crippen LogP contribution in [0.1, 0.15) is 22.5 Å². The minimum absolute atomic E-state index is 0.168. The van der Waals surface area contributed by atoms with E-state index in [1.807, 2.05) is 18.2 Å². The Morgan fingerprint density at radius 1 is 1.23 bits per heavy atom. The van der Waals surface area contributed by atoms with E-state index in [2.05, 4.69) is 4.98 Å². The van der Waals surface area contributed by atoms with Crippen molar-refractivity contribution in [1.82, 2.24) is 9.88 Å². The number of β-amino-alcohol motifs (C(OH)–C–C–N with tert-alkyl or cyclic N) is 1. The summed E-state index contributed by atoms with van der Waals surface area (Å²) < 4.78 is 18.3. The van der Waals surface area contributed by atoms with Crippen LogP contribution in [-0.2, 0) is 5.60 Å². The number of nitrogens with zero attached hydrogens (tertiary/aromatic N) is 1. The van der Waals surface area contributed by atoms with E-state index in [-0.39, 0.29) is 18.3 Å². The van der Waals surface area contributed by atoms with E-state index < -0.39 is 5.60 Å². The molecule has 0 aliphatic carbocycles.